The molecule has 0 amide bonds. The van der Waals surface area contributed by atoms with Crippen LogP contribution in [-0.4, -0.2) is 47.6 Å². The predicted molar refractivity (Wildman–Crippen MR) is 138 cm³/mol. The molecule has 0 spiro atoms. The number of aromatic nitrogens is 2. The predicted octanol–water partition coefficient (Wildman–Crippen LogP) is 6.07. The molecule has 1 aliphatic rings. The SMILES string of the molecule is CCCN1CCN(c2cccc(Nc3ncc(/C=C/c4ccc5[nH]ccc5c4)s3)c2)CC1. The number of H-pyrrole nitrogens is 1. The van der Waals surface area contributed by atoms with Crippen molar-refractivity contribution in [3.63, 3.8) is 0 Å². The summed E-state index contributed by atoms with van der Waals surface area (Å²) in [6.07, 6.45) is 9.40. The van der Waals surface area contributed by atoms with E-state index in [4.69, 9.17) is 0 Å². The number of nitrogens with one attached hydrogen (secondary N) is 2. The lowest BCUT2D eigenvalue weighted by Crippen LogP contribution is -2.46. The Hall–Kier alpha value is -3.09. The monoisotopic (exact) mass is 443 g/mol. The lowest BCUT2D eigenvalue weighted by Gasteiger charge is -2.36. The summed E-state index contributed by atoms with van der Waals surface area (Å²) in [7, 11) is 0. The minimum atomic E-state index is 0.913. The van der Waals surface area contributed by atoms with E-state index in [1.54, 1.807) is 11.3 Å². The fourth-order valence-corrected chi connectivity index (χ4v) is 4.96. The second kappa shape index (κ2) is 9.59. The topological polar surface area (TPSA) is 47.2 Å². The highest BCUT2D eigenvalue weighted by Crippen LogP contribution is 2.27. The van der Waals surface area contributed by atoms with Crippen LogP contribution in [0, 0.1) is 0 Å². The standard InChI is InChI=1S/C26H29N5S/c1-2-12-30-13-15-31(16-14-30)23-5-3-4-22(18-23)29-26-28-19-24(32-26)8-6-20-7-9-25-21(17-20)10-11-27-25/h3-11,17-19,27H,2,12-16H2,1H3,(H,28,29)/b8-6+. The van der Waals surface area contributed by atoms with Crippen LogP contribution in [0.2, 0.25) is 0 Å². The van der Waals surface area contributed by atoms with Gasteiger partial charge in [0.2, 0.25) is 0 Å². The summed E-state index contributed by atoms with van der Waals surface area (Å²) >= 11 is 1.66. The van der Waals surface area contributed by atoms with E-state index in [-0.39, 0.29) is 0 Å². The molecule has 0 saturated carbocycles. The van der Waals surface area contributed by atoms with E-state index in [1.807, 2.05) is 12.4 Å². The van der Waals surface area contributed by atoms with Gasteiger partial charge in [0.1, 0.15) is 0 Å². The zero-order valence-corrected chi connectivity index (χ0v) is 19.2. The molecule has 2 aromatic heterocycles. The van der Waals surface area contributed by atoms with Crippen molar-refractivity contribution in [2.75, 3.05) is 42.9 Å². The minimum Gasteiger partial charge on any atom is -0.369 e. The van der Waals surface area contributed by atoms with E-state index in [0.29, 0.717) is 0 Å². The van der Waals surface area contributed by atoms with Crippen molar-refractivity contribution in [2.24, 2.45) is 0 Å². The Balaban J connectivity index is 1.22. The van der Waals surface area contributed by atoms with Crippen molar-refractivity contribution in [1.29, 1.82) is 0 Å². The highest BCUT2D eigenvalue weighted by Gasteiger charge is 2.16. The first kappa shape index (κ1) is 20.8. The number of aromatic amines is 1. The zero-order valence-electron chi connectivity index (χ0n) is 18.4. The van der Waals surface area contributed by atoms with Crippen molar-refractivity contribution in [1.82, 2.24) is 14.9 Å². The smallest absolute Gasteiger partial charge is 0.187 e. The third-order valence-corrected chi connectivity index (χ3v) is 6.79. The van der Waals surface area contributed by atoms with E-state index in [9.17, 15) is 0 Å². The molecule has 5 nitrogen and oxygen atoms in total. The average molecular weight is 444 g/mol. The molecule has 2 aromatic carbocycles. The minimum absolute atomic E-state index is 0.913. The summed E-state index contributed by atoms with van der Waals surface area (Å²) in [5.74, 6) is 0. The number of nitrogens with zero attached hydrogens (tertiary/aromatic N) is 3. The van der Waals surface area contributed by atoms with Crippen LogP contribution in [0.25, 0.3) is 23.1 Å². The van der Waals surface area contributed by atoms with E-state index in [0.717, 1.165) is 47.4 Å². The van der Waals surface area contributed by atoms with E-state index in [2.05, 4.69) is 92.7 Å². The fourth-order valence-electron chi connectivity index (χ4n) is 4.22. The molecule has 0 bridgehead atoms. The van der Waals surface area contributed by atoms with Gasteiger partial charge in [0, 0.05) is 60.3 Å². The Kier molecular flexibility index (Phi) is 6.23. The summed E-state index contributed by atoms with van der Waals surface area (Å²) in [6, 6.07) is 17.2. The van der Waals surface area contributed by atoms with Gasteiger partial charge < -0.3 is 15.2 Å². The Morgan fingerprint density at radius 2 is 1.97 bits per heavy atom. The van der Waals surface area contributed by atoms with Crippen molar-refractivity contribution in [3.05, 3.63) is 71.4 Å². The average Bonchev–Trinajstić information content (AvgIpc) is 3.47. The van der Waals surface area contributed by atoms with Crippen molar-refractivity contribution in [2.45, 2.75) is 13.3 Å². The van der Waals surface area contributed by atoms with Crippen LogP contribution >= 0.6 is 11.3 Å². The van der Waals surface area contributed by atoms with Gasteiger partial charge in [0.15, 0.2) is 5.13 Å². The first-order valence-electron chi connectivity index (χ1n) is 11.3. The molecule has 1 saturated heterocycles. The molecule has 1 fully saturated rings. The lowest BCUT2D eigenvalue weighted by atomic mass is 10.1. The van der Waals surface area contributed by atoms with Crippen molar-refractivity contribution in [3.8, 4) is 0 Å². The molecule has 32 heavy (non-hydrogen) atoms. The third kappa shape index (κ3) is 4.87. The van der Waals surface area contributed by atoms with E-state index >= 15 is 0 Å². The van der Waals surface area contributed by atoms with Gasteiger partial charge in [-0.1, -0.05) is 36.5 Å². The molecular formula is C26H29N5S. The van der Waals surface area contributed by atoms with Crippen LogP contribution < -0.4 is 10.2 Å². The number of benzene rings is 2. The molecule has 0 aliphatic carbocycles. The summed E-state index contributed by atoms with van der Waals surface area (Å²) in [4.78, 5) is 14.0. The molecule has 5 rings (SSSR count). The lowest BCUT2D eigenvalue weighted by molar-refractivity contribution is 0.258. The summed E-state index contributed by atoms with van der Waals surface area (Å²) in [5, 5.41) is 5.62. The van der Waals surface area contributed by atoms with Crippen LogP contribution in [0.1, 0.15) is 23.8 Å². The van der Waals surface area contributed by atoms with Crippen molar-refractivity contribution >= 4 is 50.9 Å². The Morgan fingerprint density at radius 1 is 1.06 bits per heavy atom. The quantitative estimate of drug-likeness (QED) is 0.364. The van der Waals surface area contributed by atoms with Crippen LogP contribution in [-0.2, 0) is 0 Å². The van der Waals surface area contributed by atoms with Crippen LogP contribution in [0.3, 0.4) is 0 Å². The van der Waals surface area contributed by atoms with Gasteiger partial charge in [-0.05, 0) is 66.4 Å². The van der Waals surface area contributed by atoms with Gasteiger partial charge in [0.05, 0.1) is 0 Å². The highest BCUT2D eigenvalue weighted by molar-refractivity contribution is 7.16. The normalized spacial score (nSPS) is 15.1. The molecule has 164 valence electrons. The van der Waals surface area contributed by atoms with Gasteiger partial charge in [-0.15, -0.1) is 0 Å². The van der Waals surface area contributed by atoms with Gasteiger partial charge in [-0.25, -0.2) is 4.98 Å². The Labute approximate surface area is 193 Å². The Bertz CT molecular complexity index is 1200. The summed E-state index contributed by atoms with van der Waals surface area (Å²) < 4.78 is 0. The number of piperazine rings is 1. The number of rotatable bonds is 7. The molecule has 0 unspecified atom stereocenters. The fraction of sp³-hybridized carbons (Fsp3) is 0.269. The number of hydrogen-bond donors (Lipinski definition) is 2. The van der Waals surface area contributed by atoms with Gasteiger partial charge in [-0.3, -0.25) is 4.90 Å². The summed E-state index contributed by atoms with van der Waals surface area (Å²) in [5.41, 5.74) is 4.72. The van der Waals surface area contributed by atoms with Crippen molar-refractivity contribution < 1.29 is 0 Å². The van der Waals surface area contributed by atoms with E-state index in [1.165, 1.54) is 29.6 Å². The number of fused-ring (bicyclic) bond motifs is 1. The highest BCUT2D eigenvalue weighted by atomic mass is 32.1. The second-order valence-electron chi connectivity index (χ2n) is 8.23. The first-order chi connectivity index (χ1) is 15.8. The molecule has 0 radical (unpaired) electrons. The molecule has 3 heterocycles. The summed E-state index contributed by atoms with van der Waals surface area (Å²) in [6.45, 7) is 7.92. The molecule has 6 heteroatoms. The molecule has 2 N–H and O–H groups in total. The zero-order chi connectivity index (χ0) is 21.8. The van der Waals surface area contributed by atoms with Gasteiger partial charge in [-0.2, -0.15) is 0 Å². The van der Waals surface area contributed by atoms with Gasteiger partial charge in [0.25, 0.3) is 0 Å². The molecule has 1 aliphatic heterocycles. The van der Waals surface area contributed by atoms with Crippen LogP contribution in [0.5, 0.6) is 0 Å². The van der Waals surface area contributed by atoms with E-state index < -0.39 is 0 Å². The van der Waals surface area contributed by atoms with Crippen LogP contribution in [0.15, 0.2) is 60.9 Å². The molecule has 4 aromatic rings. The first-order valence-corrected chi connectivity index (χ1v) is 12.1. The maximum atomic E-state index is 4.57. The largest absolute Gasteiger partial charge is 0.369 e. The molecular weight excluding hydrogens is 414 g/mol. The third-order valence-electron chi connectivity index (χ3n) is 5.92. The molecule has 0 atom stereocenters. The number of thiazole rings is 1. The number of hydrogen-bond acceptors (Lipinski definition) is 5. The Morgan fingerprint density at radius 3 is 2.84 bits per heavy atom. The second-order valence-corrected chi connectivity index (χ2v) is 9.29. The van der Waals surface area contributed by atoms with Gasteiger partial charge >= 0.3 is 0 Å². The van der Waals surface area contributed by atoms with Crippen LogP contribution in [0.4, 0.5) is 16.5 Å². The maximum Gasteiger partial charge on any atom is 0.187 e. The maximum absolute atomic E-state index is 4.57. The number of anilines is 3.